The lowest BCUT2D eigenvalue weighted by Crippen LogP contribution is -2.38. The number of rotatable bonds is 6. The molecule has 0 aromatic heterocycles. The third-order valence-corrected chi connectivity index (χ3v) is 5.70. The lowest BCUT2D eigenvalue weighted by Gasteiger charge is -2.18. The molecule has 20 heavy (non-hydrogen) atoms. The van der Waals surface area contributed by atoms with E-state index in [1.165, 1.54) is 0 Å². The second-order valence-corrected chi connectivity index (χ2v) is 7.78. The van der Waals surface area contributed by atoms with Gasteiger partial charge in [-0.2, -0.15) is 0 Å². The summed E-state index contributed by atoms with van der Waals surface area (Å²) in [5, 5.41) is 9.46. The molecule has 2 fully saturated rings. The highest BCUT2D eigenvalue weighted by Crippen LogP contribution is 2.45. The van der Waals surface area contributed by atoms with Crippen LogP contribution in [-0.4, -0.2) is 19.6 Å². The molecule has 0 spiro atoms. The van der Waals surface area contributed by atoms with Gasteiger partial charge in [0.1, 0.15) is 0 Å². The topological polar surface area (TPSA) is 66.4 Å². The van der Waals surface area contributed by atoms with Gasteiger partial charge in [0, 0.05) is 6.04 Å². The molecule has 1 unspecified atom stereocenters. The molecule has 2 aliphatic carbocycles. The summed E-state index contributed by atoms with van der Waals surface area (Å²) in [6.45, 7) is 1.66. The number of sulfonamides is 1. The number of aliphatic hydroxyl groups is 1. The fourth-order valence-electron chi connectivity index (χ4n) is 2.66. The number of aliphatic hydroxyl groups excluding tert-OH is 1. The van der Waals surface area contributed by atoms with E-state index in [4.69, 9.17) is 0 Å². The van der Waals surface area contributed by atoms with E-state index in [0.717, 1.165) is 31.2 Å². The average Bonchev–Trinajstić information content (AvgIpc) is 3.29. The predicted octanol–water partition coefficient (Wildman–Crippen LogP) is 2.21. The first-order valence-corrected chi connectivity index (χ1v) is 8.76. The molecule has 2 saturated carbocycles. The summed E-state index contributed by atoms with van der Waals surface area (Å²) < 4.78 is 27.7. The van der Waals surface area contributed by atoms with Crippen LogP contribution in [0.2, 0.25) is 0 Å². The predicted molar refractivity (Wildman–Crippen MR) is 76.6 cm³/mol. The van der Waals surface area contributed by atoms with Crippen molar-refractivity contribution in [3.05, 3.63) is 29.8 Å². The first kappa shape index (κ1) is 14.0. The molecule has 0 heterocycles. The standard InChI is InChI=1S/C15H21NO3S/c1-10(17)11-6-8-14(9-7-11)20(18,19)16-15(12-2-3-12)13-4-5-13/h6-10,12-13,15-17H,2-5H2,1H3. The van der Waals surface area contributed by atoms with E-state index >= 15 is 0 Å². The highest BCUT2D eigenvalue weighted by atomic mass is 32.2. The van der Waals surface area contributed by atoms with Crippen molar-refractivity contribution in [2.24, 2.45) is 11.8 Å². The van der Waals surface area contributed by atoms with Crippen LogP contribution in [-0.2, 0) is 10.0 Å². The maximum atomic E-state index is 12.4. The Kier molecular flexibility index (Phi) is 3.60. The van der Waals surface area contributed by atoms with Gasteiger partial charge in [-0.25, -0.2) is 13.1 Å². The Labute approximate surface area is 120 Å². The zero-order chi connectivity index (χ0) is 14.3. The first-order chi connectivity index (χ1) is 9.47. The zero-order valence-electron chi connectivity index (χ0n) is 11.6. The van der Waals surface area contributed by atoms with E-state index in [2.05, 4.69) is 4.72 Å². The van der Waals surface area contributed by atoms with Gasteiger partial charge in [-0.15, -0.1) is 0 Å². The first-order valence-electron chi connectivity index (χ1n) is 7.28. The van der Waals surface area contributed by atoms with Gasteiger partial charge < -0.3 is 5.11 Å². The van der Waals surface area contributed by atoms with Crippen LogP contribution in [0.25, 0.3) is 0 Å². The van der Waals surface area contributed by atoms with Gasteiger partial charge in [-0.05, 0) is 62.1 Å². The largest absolute Gasteiger partial charge is 0.389 e. The number of hydrogen-bond acceptors (Lipinski definition) is 3. The maximum absolute atomic E-state index is 12.4. The molecule has 1 atom stereocenters. The maximum Gasteiger partial charge on any atom is 0.240 e. The second kappa shape index (κ2) is 5.13. The smallest absolute Gasteiger partial charge is 0.240 e. The van der Waals surface area contributed by atoms with Crippen molar-refractivity contribution in [3.8, 4) is 0 Å². The van der Waals surface area contributed by atoms with Crippen molar-refractivity contribution in [1.82, 2.24) is 4.72 Å². The van der Waals surface area contributed by atoms with Gasteiger partial charge in [0.2, 0.25) is 10.0 Å². The lowest BCUT2D eigenvalue weighted by molar-refractivity contribution is 0.199. The van der Waals surface area contributed by atoms with Crippen molar-refractivity contribution in [3.63, 3.8) is 0 Å². The summed E-state index contributed by atoms with van der Waals surface area (Å²) in [5.41, 5.74) is 0.727. The van der Waals surface area contributed by atoms with Crippen LogP contribution < -0.4 is 4.72 Å². The van der Waals surface area contributed by atoms with Crippen LogP contribution >= 0.6 is 0 Å². The molecule has 110 valence electrons. The van der Waals surface area contributed by atoms with Crippen LogP contribution in [0.15, 0.2) is 29.2 Å². The Morgan fingerprint density at radius 3 is 2.00 bits per heavy atom. The summed E-state index contributed by atoms with van der Waals surface area (Å²) in [4.78, 5) is 0.285. The molecule has 4 nitrogen and oxygen atoms in total. The van der Waals surface area contributed by atoms with Gasteiger partial charge in [0.05, 0.1) is 11.0 Å². The quantitative estimate of drug-likeness (QED) is 0.845. The van der Waals surface area contributed by atoms with Crippen molar-refractivity contribution < 1.29 is 13.5 Å². The molecule has 1 aromatic carbocycles. The van der Waals surface area contributed by atoms with Gasteiger partial charge in [0.25, 0.3) is 0 Å². The molecule has 0 saturated heterocycles. The molecule has 1 aromatic rings. The fraction of sp³-hybridized carbons (Fsp3) is 0.600. The Balaban J connectivity index is 1.76. The minimum atomic E-state index is -3.44. The summed E-state index contributed by atoms with van der Waals surface area (Å²) in [5.74, 6) is 1.07. The van der Waals surface area contributed by atoms with Crippen molar-refractivity contribution in [1.29, 1.82) is 0 Å². The lowest BCUT2D eigenvalue weighted by atomic mass is 10.1. The molecular weight excluding hydrogens is 274 g/mol. The average molecular weight is 295 g/mol. The van der Waals surface area contributed by atoms with Crippen LogP contribution in [0.4, 0.5) is 0 Å². The van der Waals surface area contributed by atoms with Crippen molar-refractivity contribution >= 4 is 10.0 Å². The van der Waals surface area contributed by atoms with Gasteiger partial charge in [-0.1, -0.05) is 12.1 Å². The van der Waals surface area contributed by atoms with E-state index in [1.54, 1.807) is 31.2 Å². The summed E-state index contributed by atoms with van der Waals surface area (Å²) >= 11 is 0. The third kappa shape index (κ3) is 3.05. The minimum Gasteiger partial charge on any atom is -0.389 e. The Morgan fingerprint density at radius 1 is 1.10 bits per heavy atom. The number of hydrogen-bond donors (Lipinski definition) is 2. The van der Waals surface area contributed by atoms with Gasteiger partial charge >= 0.3 is 0 Å². The molecule has 5 heteroatoms. The summed E-state index contributed by atoms with van der Waals surface area (Å²) in [6, 6.07) is 6.60. The number of benzene rings is 1. The van der Waals surface area contributed by atoms with E-state index in [9.17, 15) is 13.5 Å². The van der Waals surface area contributed by atoms with Crippen molar-refractivity contribution in [2.75, 3.05) is 0 Å². The van der Waals surface area contributed by atoms with Crippen LogP contribution in [0, 0.1) is 11.8 Å². The summed E-state index contributed by atoms with van der Waals surface area (Å²) in [6.07, 6.45) is 4.00. The van der Waals surface area contributed by atoms with Crippen LogP contribution in [0.1, 0.15) is 44.3 Å². The molecule has 2 N–H and O–H groups in total. The molecule has 0 bridgehead atoms. The Bertz CT molecular complexity index is 560. The van der Waals surface area contributed by atoms with Crippen LogP contribution in [0.5, 0.6) is 0 Å². The van der Waals surface area contributed by atoms with Gasteiger partial charge in [-0.3, -0.25) is 0 Å². The molecule has 0 aliphatic heterocycles. The molecule has 0 radical (unpaired) electrons. The monoisotopic (exact) mass is 295 g/mol. The Hall–Kier alpha value is -0.910. The number of nitrogens with one attached hydrogen (secondary N) is 1. The SMILES string of the molecule is CC(O)c1ccc(S(=O)(=O)NC(C2CC2)C2CC2)cc1. The fourth-order valence-corrected chi connectivity index (χ4v) is 4.03. The van der Waals surface area contributed by atoms with Crippen LogP contribution in [0.3, 0.4) is 0 Å². The van der Waals surface area contributed by atoms with E-state index < -0.39 is 16.1 Å². The highest BCUT2D eigenvalue weighted by Gasteiger charge is 2.43. The molecule has 3 rings (SSSR count). The van der Waals surface area contributed by atoms with Crippen molar-refractivity contribution in [2.45, 2.75) is 49.6 Å². The van der Waals surface area contributed by atoms with E-state index in [0.29, 0.717) is 11.8 Å². The summed E-state index contributed by atoms with van der Waals surface area (Å²) in [7, 11) is -3.44. The molecular formula is C15H21NO3S. The molecule has 2 aliphatic rings. The Morgan fingerprint density at radius 2 is 1.60 bits per heavy atom. The van der Waals surface area contributed by atoms with E-state index in [-0.39, 0.29) is 10.9 Å². The molecule has 0 amide bonds. The zero-order valence-corrected chi connectivity index (χ0v) is 12.4. The normalized spacial score (nSPS) is 21.1. The van der Waals surface area contributed by atoms with Gasteiger partial charge in [0.15, 0.2) is 0 Å². The third-order valence-electron chi connectivity index (χ3n) is 4.22. The minimum absolute atomic E-state index is 0.122. The highest BCUT2D eigenvalue weighted by molar-refractivity contribution is 7.89. The van der Waals surface area contributed by atoms with E-state index in [1.807, 2.05) is 0 Å². The second-order valence-electron chi connectivity index (χ2n) is 6.07.